The van der Waals surface area contributed by atoms with Crippen molar-refractivity contribution in [1.29, 1.82) is 0 Å². The lowest BCUT2D eigenvalue weighted by Crippen LogP contribution is -2.45. The molecule has 1 aliphatic heterocycles. The highest BCUT2D eigenvalue weighted by Gasteiger charge is 2.32. The topological polar surface area (TPSA) is 87.3 Å². The lowest BCUT2D eigenvalue weighted by atomic mass is 9.94. The number of piperidine rings is 1. The number of aromatic nitrogens is 2. The molecule has 2 amide bonds. The Kier molecular flexibility index (Phi) is 6.15. The monoisotopic (exact) mass is 400 g/mol. The van der Waals surface area contributed by atoms with E-state index in [9.17, 15) is 9.59 Å². The summed E-state index contributed by atoms with van der Waals surface area (Å²) in [6, 6.07) is 7.68. The third kappa shape index (κ3) is 5.28. The first-order valence-electron chi connectivity index (χ1n) is 10.4. The van der Waals surface area contributed by atoms with Crippen molar-refractivity contribution in [3.8, 4) is 0 Å². The number of carbonyl (C=O) groups excluding carboxylic acids is 2. The molecule has 1 aromatic carbocycles. The average molecular weight is 401 g/mol. The number of ether oxygens (including phenoxy) is 1. The number of hydrogen-bond donors (Lipinski definition) is 2. The molecule has 7 nitrogen and oxygen atoms in total. The van der Waals surface area contributed by atoms with Gasteiger partial charge < -0.3 is 19.9 Å². The SMILES string of the molecule is CC(C)C(NC(=O)C1CCN(C(=O)OC(C)(C)C)CC1)c1nc2ccccc2[nH]1. The van der Waals surface area contributed by atoms with Crippen LogP contribution in [0.3, 0.4) is 0 Å². The number of carbonyl (C=O) groups is 2. The van der Waals surface area contributed by atoms with E-state index in [1.54, 1.807) is 4.90 Å². The molecule has 1 atom stereocenters. The lowest BCUT2D eigenvalue weighted by Gasteiger charge is -2.33. The smallest absolute Gasteiger partial charge is 0.410 e. The van der Waals surface area contributed by atoms with Crippen LogP contribution in [0.5, 0.6) is 0 Å². The second-order valence-corrected chi connectivity index (χ2v) is 9.11. The van der Waals surface area contributed by atoms with Crippen molar-refractivity contribution in [1.82, 2.24) is 20.2 Å². The van der Waals surface area contributed by atoms with Gasteiger partial charge in [0.25, 0.3) is 0 Å². The van der Waals surface area contributed by atoms with Gasteiger partial charge in [-0.15, -0.1) is 0 Å². The fraction of sp³-hybridized carbons (Fsp3) is 0.591. The zero-order valence-corrected chi connectivity index (χ0v) is 18.0. The molecule has 1 aliphatic rings. The van der Waals surface area contributed by atoms with Crippen LogP contribution >= 0.6 is 0 Å². The standard InChI is InChI=1S/C22H32N4O3/c1-14(2)18(19-23-16-8-6-7-9-17(16)24-19)25-20(27)15-10-12-26(13-11-15)21(28)29-22(3,4)5/h6-9,14-15,18H,10-13H2,1-5H3,(H,23,24)(H,25,27). The maximum Gasteiger partial charge on any atom is 0.410 e. The van der Waals surface area contributed by atoms with Crippen LogP contribution in [0.4, 0.5) is 4.79 Å². The van der Waals surface area contributed by atoms with Crippen LogP contribution in [-0.2, 0) is 9.53 Å². The molecular weight excluding hydrogens is 368 g/mol. The Hall–Kier alpha value is -2.57. The van der Waals surface area contributed by atoms with Gasteiger partial charge in [-0.25, -0.2) is 9.78 Å². The molecule has 1 fully saturated rings. The Labute approximate surface area is 172 Å². The van der Waals surface area contributed by atoms with Gasteiger partial charge >= 0.3 is 6.09 Å². The number of rotatable bonds is 4. The van der Waals surface area contributed by atoms with Gasteiger partial charge in [0.15, 0.2) is 0 Å². The molecule has 29 heavy (non-hydrogen) atoms. The Morgan fingerprint density at radius 2 is 1.86 bits per heavy atom. The molecule has 1 unspecified atom stereocenters. The molecule has 0 aliphatic carbocycles. The minimum Gasteiger partial charge on any atom is -0.444 e. The number of imidazole rings is 1. The van der Waals surface area contributed by atoms with Gasteiger partial charge in [-0.1, -0.05) is 26.0 Å². The van der Waals surface area contributed by atoms with Crippen molar-refractivity contribution in [2.45, 2.75) is 59.1 Å². The maximum absolute atomic E-state index is 12.9. The summed E-state index contributed by atoms with van der Waals surface area (Å²) in [5, 5.41) is 3.18. The highest BCUT2D eigenvalue weighted by atomic mass is 16.6. The van der Waals surface area contributed by atoms with Crippen molar-refractivity contribution in [3.05, 3.63) is 30.1 Å². The normalized spacial score (nSPS) is 16.8. The molecular formula is C22H32N4O3. The van der Waals surface area contributed by atoms with Gasteiger partial charge in [0.2, 0.25) is 5.91 Å². The summed E-state index contributed by atoms with van der Waals surface area (Å²) in [6.45, 7) is 10.8. The van der Waals surface area contributed by atoms with Crippen LogP contribution in [0, 0.1) is 11.8 Å². The van der Waals surface area contributed by atoms with E-state index in [4.69, 9.17) is 4.74 Å². The van der Waals surface area contributed by atoms with Crippen LogP contribution in [0.15, 0.2) is 24.3 Å². The van der Waals surface area contributed by atoms with Crippen molar-refractivity contribution >= 4 is 23.0 Å². The van der Waals surface area contributed by atoms with Gasteiger partial charge in [-0.05, 0) is 51.7 Å². The van der Waals surface area contributed by atoms with Crippen LogP contribution in [0.1, 0.15) is 59.3 Å². The van der Waals surface area contributed by atoms with Crippen LogP contribution in [0.25, 0.3) is 11.0 Å². The molecule has 3 rings (SSSR count). The summed E-state index contributed by atoms with van der Waals surface area (Å²) >= 11 is 0. The molecule has 1 aromatic heterocycles. The number of likely N-dealkylation sites (tertiary alicyclic amines) is 1. The number of H-pyrrole nitrogens is 1. The number of fused-ring (bicyclic) bond motifs is 1. The molecule has 0 saturated carbocycles. The van der Waals surface area contributed by atoms with E-state index in [-0.39, 0.29) is 29.9 Å². The van der Waals surface area contributed by atoms with Crippen LogP contribution < -0.4 is 5.32 Å². The number of nitrogens with zero attached hydrogens (tertiary/aromatic N) is 2. The summed E-state index contributed by atoms with van der Waals surface area (Å²) in [7, 11) is 0. The summed E-state index contributed by atoms with van der Waals surface area (Å²) in [6.07, 6.45) is 0.963. The molecule has 0 spiro atoms. The van der Waals surface area contributed by atoms with E-state index in [0.717, 1.165) is 16.9 Å². The summed E-state index contributed by atoms with van der Waals surface area (Å²) in [5.41, 5.74) is 1.35. The number of amides is 2. The van der Waals surface area contributed by atoms with E-state index >= 15 is 0 Å². The quantitative estimate of drug-likeness (QED) is 0.811. The Bertz CT molecular complexity index is 827. The Morgan fingerprint density at radius 1 is 1.21 bits per heavy atom. The zero-order chi connectivity index (χ0) is 21.2. The number of nitrogens with one attached hydrogen (secondary N) is 2. The molecule has 2 N–H and O–H groups in total. The van der Waals surface area contributed by atoms with Gasteiger partial charge in [0.05, 0.1) is 17.1 Å². The number of aromatic amines is 1. The van der Waals surface area contributed by atoms with Crippen molar-refractivity contribution in [2.75, 3.05) is 13.1 Å². The predicted molar refractivity (Wildman–Crippen MR) is 112 cm³/mol. The van der Waals surface area contributed by atoms with Gasteiger partial charge in [0.1, 0.15) is 11.4 Å². The molecule has 1 saturated heterocycles. The lowest BCUT2D eigenvalue weighted by molar-refractivity contribution is -0.127. The van der Waals surface area contributed by atoms with Gasteiger partial charge in [0, 0.05) is 19.0 Å². The minimum absolute atomic E-state index is 0.0213. The first-order chi connectivity index (χ1) is 13.6. The number of para-hydroxylation sites is 2. The van der Waals surface area contributed by atoms with E-state index in [1.807, 2.05) is 45.0 Å². The molecule has 2 heterocycles. The first-order valence-corrected chi connectivity index (χ1v) is 10.4. The van der Waals surface area contributed by atoms with Crippen LogP contribution in [-0.4, -0.2) is 45.6 Å². The largest absolute Gasteiger partial charge is 0.444 e. The molecule has 0 radical (unpaired) electrons. The summed E-state index contributed by atoms with van der Waals surface area (Å²) in [4.78, 5) is 34.8. The molecule has 7 heteroatoms. The highest BCUT2D eigenvalue weighted by Crippen LogP contribution is 2.25. The first kappa shape index (κ1) is 21.1. The second-order valence-electron chi connectivity index (χ2n) is 9.11. The van der Waals surface area contributed by atoms with Crippen molar-refractivity contribution < 1.29 is 14.3 Å². The van der Waals surface area contributed by atoms with E-state index in [2.05, 4.69) is 29.1 Å². The second kappa shape index (κ2) is 8.43. The van der Waals surface area contributed by atoms with Gasteiger partial charge in [-0.2, -0.15) is 0 Å². The maximum atomic E-state index is 12.9. The van der Waals surface area contributed by atoms with E-state index in [0.29, 0.717) is 25.9 Å². The molecule has 2 aromatic rings. The number of benzene rings is 1. The molecule has 158 valence electrons. The van der Waals surface area contributed by atoms with Crippen LogP contribution in [0.2, 0.25) is 0 Å². The fourth-order valence-corrected chi connectivity index (χ4v) is 3.59. The minimum atomic E-state index is -0.512. The third-order valence-electron chi connectivity index (χ3n) is 5.18. The Balaban J connectivity index is 1.60. The Morgan fingerprint density at radius 3 is 2.45 bits per heavy atom. The van der Waals surface area contributed by atoms with E-state index < -0.39 is 5.60 Å². The third-order valence-corrected chi connectivity index (χ3v) is 5.18. The molecule has 0 bridgehead atoms. The fourth-order valence-electron chi connectivity index (χ4n) is 3.59. The predicted octanol–water partition coefficient (Wildman–Crippen LogP) is 4.02. The van der Waals surface area contributed by atoms with Crippen molar-refractivity contribution in [3.63, 3.8) is 0 Å². The van der Waals surface area contributed by atoms with Gasteiger partial charge in [-0.3, -0.25) is 4.79 Å². The average Bonchev–Trinajstić information content (AvgIpc) is 3.08. The highest BCUT2D eigenvalue weighted by molar-refractivity contribution is 5.80. The summed E-state index contributed by atoms with van der Waals surface area (Å²) < 4.78 is 5.43. The van der Waals surface area contributed by atoms with E-state index in [1.165, 1.54) is 0 Å². The zero-order valence-electron chi connectivity index (χ0n) is 18.0. The summed E-state index contributed by atoms with van der Waals surface area (Å²) in [5.74, 6) is 0.884. The van der Waals surface area contributed by atoms with Crippen molar-refractivity contribution in [2.24, 2.45) is 11.8 Å². The number of hydrogen-bond acceptors (Lipinski definition) is 4.